The highest BCUT2D eigenvalue weighted by Crippen LogP contribution is 2.23. The number of ether oxygens (including phenoxy) is 1. The molecule has 0 aliphatic carbocycles. The van der Waals surface area contributed by atoms with E-state index in [0.717, 1.165) is 19.3 Å². The smallest absolute Gasteiger partial charge is 0.291 e. The highest BCUT2D eigenvalue weighted by molar-refractivity contribution is 7.89. The SMILES string of the molecule is O=C(Nc1cccc(S(=O)(=O)N2CCCCC2)c1)c1ccc(COc2ccc(F)cc2)o1. The van der Waals surface area contributed by atoms with E-state index in [1.165, 1.54) is 46.8 Å². The summed E-state index contributed by atoms with van der Waals surface area (Å²) in [6.45, 7) is 1.09. The molecule has 7 nitrogen and oxygen atoms in total. The van der Waals surface area contributed by atoms with Crippen molar-refractivity contribution in [1.29, 1.82) is 0 Å². The zero-order chi connectivity index (χ0) is 22.6. The van der Waals surface area contributed by atoms with Crippen molar-refractivity contribution in [1.82, 2.24) is 4.31 Å². The van der Waals surface area contributed by atoms with Crippen molar-refractivity contribution in [2.45, 2.75) is 30.8 Å². The average molecular weight is 459 g/mol. The lowest BCUT2D eigenvalue weighted by molar-refractivity contribution is 0.0992. The number of carbonyl (C=O) groups excluding carboxylic acids is 1. The van der Waals surface area contributed by atoms with E-state index in [0.29, 0.717) is 30.3 Å². The Morgan fingerprint density at radius 3 is 2.53 bits per heavy atom. The minimum Gasteiger partial charge on any atom is -0.486 e. The maximum absolute atomic E-state index is 13.0. The van der Waals surface area contributed by atoms with Crippen molar-refractivity contribution in [3.63, 3.8) is 0 Å². The van der Waals surface area contributed by atoms with Crippen molar-refractivity contribution in [2.75, 3.05) is 18.4 Å². The van der Waals surface area contributed by atoms with Gasteiger partial charge in [0.05, 0.1) is 4.90 Å². The molecule has 3 aromatic rings. The number of nitrogens with zero attached hydrogens (tertiary/aromatic N) is 1. The molecule has 2 aromatic carbocycles. The predicted molar refractivity (Wildman–Crippen MR) is 116 cm³/mol. The fourth-order valence-corrected chi connectivity index (χ4v) is 5.01. The van der Waals surface area contributed by atoms with Crippen LogP contribution in [0.2, 0.25) is 0 Å². The van der Waals surface area contributed by atoms with Gasteiger partial charge in [0, 0.05) is 18.8 Å². The Hall–Kier alpha value is -3.17. The molecular formula is C23H23FN2O5S. The normalized spacial score (nSPS) is 14.8. The van der Waals surface area contributed by atoms with E-state index >= 15 is 0 Å². The van der Waals surface area contributed by atoms with Crippen molar-refractivity contribution >= 4 is 21.6 Å². The van der Waals surface area contributed by atoms with Crippen molar-refractivity contribution in [3.8, 4) is 5.75 Å². The molecule has 0 atom stereocenters. The van der Waals surface area contributed by atoms with Gasteiger partial charge in [-0.05, 0) is 67.4 Å². The number of amides is 1. The van der Waals surface area contributed by atoms with Crippen LogP contribution in [0.1, 0.15) is 35.6 Å². The summed E-state index contributed by atoms with van der Waals surface area (Å²) in [5.74, 6) is 0.0843. The first-order valence-electron chi connectivity index (χ1n) is 10.3. The lowest BCUT2D eigenvalue weighted by atomic mass is 10.2. The van der Waals surface area contributed by atoms with E-state index in [4.69, 9.17) is 9.15 Å². The molecule has 32 heavy (non-hydrogen) atoms. The Morgan fingerprint density at radius 2 is 1.78 bits per heavy atom. The van der Waals surface area contributed by atoms with Gasteiger partial charge in [-0.25, -0.2) is 12.8 Å². The summed E-state index contributed by atoms with van der Waals surface area (Å²) >= 11 is 0. The van der Waals surface area contributed by atoms with E-state index in [-0.39, 0.29) is 23.1 Å². The fourth-order valence-electron chi connectivity index (χ4n) is 3.44. The minimum atomic E-state index is -3.60. The van der Waals surface area contributed by atoms with Gasteiger partial charge in [0.15, 0.2) is 5.76 Å². The third-order valence-electron chi connectivity index (χ3n) is 5.12. The highest BCUT2D eigenvalue weighted by Gasteiger charge is 2.26. The Morgan fingerprint density at radius 1 is 1.03 bits per heavy atom. The zero-order valence-corrected chi connectivity index (χ0v) is 18.1. The number of carbonyl (C=O) groups is 1. The molecule has 9 heteroatoms. The zero-order valence-electron chi connectivity index (χ0n) is 17.3. The van der Waals surface area contributed by atoms with Gasteiger partial charge in [0.2, 0.25) is 10.0 Å². The molecule has 1 aromatic heterocycles. The second-order valence-corrected chi connectivity index (χ2v) is 9.39. The quantitative estimate of drug-likeness (QED) is 0.566. The van der Waals surface area contributed by atoms with E-state index in [1.807, 2.05) is 0 Å². The van der Waals surface area contributed by atoms with Crippen LogP contribution in [0, 0.1) is 5.82 Å². The Labute approximate surface area is 185 Å². The summed E-state index contributed by atoms with van der Waals surface area (Å²) in [6, 6.07) is 14.9. The lowest BCUT2D eigenvalue weighted by Gasteiger charge is -2.26. The first kappa shape index (κ1) is 22.0. The first-order valence-corrected chi connectivity index (χ1v) is 11.7. The molecule has 1 aliphatic rings. The van der Waals surface area contributed by atoms with Crippen LogP contribution >= 0.6 is 0 Å². The van der Waals surface area contributed by atoms with E-state index in [2.05, 4.69) is 5.32 Å². The molecule has 4 rings (SSSR count). The molecular weight excluding hydrogens is 435 g/mol. The second kappa shape index (κ2) is 9.54. The summed E-state index contributed by atoms with van der Waals surface area (Å²) < 4.78 is 51.2. The number of hydrogen-bond acceptors (Lipinski definition) is 5. The number of halogens is 1. The van der Waals surface area contributed by atoms with Crippen LogP contribution in [-0.2, 0) is 16.6 Å². The van der Waals surface area contributed by atoms with E-state index < -0.39 is 15.9 Å². The van der Waals surface area contributed by atoms with Crippen LogP contribution in [0.5, 0.6) is 5.75 Å². The molecule has 0 saturated carbocycles. The molecule has 168 valence electrons. The summed E-state index contributed by atoms with van der Waals surface area (Å²) in [6.07, 6.45) is 2.73. The Kier molecular flexibility index (Phi) is 6.57. The van der Waals surface area contributed by atoms with Crippen LogP contribution in [0.4, 0.5) is 10.1 Å². The summed E-state index contributed by atoms with van der Waals surface area (Å²) in [4.78, 5) is 12.7. The highest BCUT2D eigenvalue weighted by atomic mass is 32.2. The van der Waals surface area contributed by atoms with Crippen LogP contribution < -0.4 is 10.1 Å². The number of hydrogen-bond donors (Lipinski definition) is 1. The monoisotopic (exact) mass is 458 g/mol. The van der Waals surface area contributed by atoms with Crippen LogP contribution in [-0.4, -0.2) is 31.7 Å². The third-order valence-corrected chi connectivity index (χ3v) is 7.02. The topological polar surface area (TPSA) is 88.9 Å². The summed E-state index contributed by atoms with van der Waals surface area (Å²) in [5, 5.41) is 2.67. The summed E-state index contributed by atoms with van der Waals surface area (Å²) in [7, 11) is -3.60. The van der Waals surface area contributed by atoms with Gasteiger partial charge in [-0.1, -0.05) is 12.5 Å². The number of furan rings is 1. The number of rotatable bonds is 7. The minimum absolute atomic E-state index is 0.0620. The largest absolute Gasteiger partial charge is 0.486 e. The average Bonchev–Trinajstić information content (AvgIpc) is 3.29. The lowest BCUT2D eigenvalue weighted by Crippen LogP contribution is -2.35. The van der Waals surface area contributed by atoms with Gasteiger partial charge in [0.1, 0.15) is 23.9 Å². The van der Waals surface area contributed by atoms with Crippen LogP contribution in [0.15, 0.2) is 70.0 Å². The molecule has 0 bridgehead atoms. The molecule has 1 amide bonds. The van der Waals surface area contributed by atoms with E-state index in [9.17, 15) is 17.6 Å². The molecule has 0 radical (unpaired) electrons. The van der Waals surface area contributed by atoms with Gasteiger partial charge in [-0.3, -0.25) is 4.79 Å². The van der Waals surface area contributed by atoms with Crippen molar-refractivity contribution in [2.24, 2.45) is 0 Å². The van der Waals surface area contributed by atoms with Gasteiger partial charge in [0.25, 0.3) is 5.91 Å². The maximum Gasteiger partial charge on any atom is 0.291 e. The molecule has 1 aliphatic heterocycles. The standard InChI is InChI=1S/C23H23FN2O5S/c24-17-7-9-19(10-8-17)30-16-20-11-12-22(31-20)23(27)25-18-5-4-6-21(15-18)32(28,29)26-13-2-1-3-14-26/h4-12,15H,1-3,13-14,16H2,(H,25,27). The van der Waals surface area contributed by atoms with Gasteiger partial charge < -0.3 is 14.5 Å². The fraction of sp³-hybridized carbons (Fsp3) is 0.261. The maximum atomic E-state index is 13.0. The molecule has 0 unspecified atom stereocenters. The van der Waals surface area contributed by atoms with Crippen LogP contribution in [0.25, 0.3) is 0 Å². The molecule has 1 N–H and O–H groups in total. The van der Waals surface area contributed by atoms with E-state index in [1.54, 1.807) is 18.2 Å². The molecule has 2 heterocycles. The second-order valence-electron chi connectivity index (χ2n) is 7.46. The first-order chi connectivity index (χ1) is 15.4. The molecule has 1 saturated heterocycles. The number of benzene rings is 2. The molecule has 1 fully saturated rings. The van der Waals surface area contributed by atoms with Crippen molar-refractivity contribution in [3.05, 3.63) is 78.0 Å². The van der Waals surface area contributed by atoms with Gasteiger partial charge >= 0.3 is 0 Å². The number of sulfonamides is 1. The predicted octanol–water partition coefficient (Wildman–Crippen LogP) is 4.42. The third kappa shape index (κ3) is 5.17. The number of piperidine rings is 1. The van der Waals surface area contributed by atoms with Gasteiger partial charge in [-0.15, -0.1) is 0 Å². The van der Waals surface area contributed by atoms with Gasteiger partial charge in [-0.2, -0.15) is 4.31 Å². The Bertz CT molecular complexity index is 1190. The molecule has 0 spiro atoms. The Balaban J connectivity index is 1.40. The number of anilines is 1. The van der Waals surface area contributed by atoms with Crippen molar-refractivity contribution < 1.29 is 26.8 Å². The summed E-state index contributed by atoms with van der Waals surface area (Å²) in [5.41, 5.74) is 0.355. The number of nitrogens with one attached hydrogen (secondary N) is 1. The van der Waals surface area contributed by atoms with Crippen LogP contribution in [0.3, 0.4) is 0 Å².